The van der Waals surface area contributed by atoms with Crippen LogP contribution in [0.15, 0.2) is 132 Å². The Morgan fingerprint density at radius 1 is 0.596 bits per heavy atom. The van der Waals surface area contributed by atoms with E-state index in [2.05, 4.69) is 167 Å². The third-order valence-electron chi connectivity index (χ3n) is 11.3. The minimum absolute atomic E-state index is 0.258. The summed E-state index contributed by atoms with van der Waals surface area (Å²) in [4.78, 5) is 0. The number of hydrogen-bond donors (Lipinski definition) is 0. The molecule has 1 heteroatoms. The van der Waals surface area contributed by atoms with Crippen molar-refractivity contribution in [3.8, 4) is 33.4 Å². The number of rotatable bonds is 5. The summed E-state index contributed by atoms with van der Waals surface area (Å²) in [6, 6.07) is 45.4. The third kappa shape index (κ3) is 4.19. The minimum Gasteiger partial charge on any atom is -0.0642 e. The molecule has 0 saturated heterocycles. The van der Waals surface area contributed by atoms with Crippen LogP contribution in [-0.2, 0) is 0 Å². The van der Waals surface area contributed by atoms with Gasteiger partial charge >= 0.3 is 0 Å². The van der Waals surface area contributed by atoms with Gasteiger partial charge in [0, 0.05) is 11.8 Å². The van der Waals surface area contributed by atoms with Crippen LogP contribution < -0.4 is 10.4 Å². The Morgan fingerprint density at radius 3 is 2.00 bits per heavy atom. The lowest BCUT2D eigenvalue weighted by Crippen LogP contribution is -2.20. The molecule has 0 N–H and O–H groups in total. The first-order valence-electron chi connectivity index (χ1n) is 17.2. The van der Waals surface area contributed by atoms with Crippen LogP contribution in [0.25, 0.3) is 56.3 Å². The monoisotopic (exact) mass is 620 g/mol. The molecule has 0 fully saturated rings. The molecule has 0 spiro atoms. The van der Waals surface area contributed by atoms with Crippen LogP contribution in [0.2, 0.25) is 13.1 Å². The predicted octanol–water partition coefficient (Wildman–Crippen LogP) is 11.3. The number of benzene rings is 6. The van der Waals surface area contributed by atoms with Crippen molar-refractivity contribution in [2.45, 2.75) is 45.7 Å². The van der Waals surface area contributed by atoms with Crippen molar-refractivity contribution < 1.29 is 0 Å². The van der Waals surface area contributed by atoms with Crippen molar-refractivity contribution >= 4 is 41.4 Å². The maximum Gasteiger partial charge on any atom is 0.112 e. The normalized spacial score (nSPS) is 18.5. The van der Waals surface area contributed by atoms with Crippen molar-refractivity contribution in [1.82, 2.24) is 0 Å². The fourth-order valence-electron chi connectivity index (χ4n) is 9.06. The van der Waals surface area contributed by atoms with Crippen molar-refractivity contribution in [2.75, 3.05) is 0 Å². The molecule has 0 saturated carbocycles. The first-order chi connectivity index (χ1) is 22.8. The molecule has 1 heterocycles. The van der Waals surface area contributed by atoms with Gasteiger partial charge in [0.05, 0.1) is 0 Å². The molecule has 0 nitrogen and oxygen atoms in total. The topological polar surface area (TPSA) is 0 Å². The van der Waals surface area contributed by atoms with E-state index in [0.717, 1.165) is 0 Å². The van der Waals surface area contributed by atoms with Crippen LogP contribution >= 0.6 is 0 Å². The number of hydrogen-bond acceptors (Lipinski definition) is 0. The molecule has 47 heavy (non-hydrogen) atoms. The van der Waals surface area contributed by atoms with Gasteiger partial charge in [-0.25, -0.2) is 0 Å². The number of fused-ring (bicyclic) bond motifs is 4. The molecule has 6 aromatic rings. The van der Waals surface area contributed by atoms with Crippen LogP contribution in [0, 0.1) is 5.92 Å². The zero-order valence-electron chi connectivity index (χ0n) is 27.9. The Balaban J connectivity index is 1.34. The molecule has 2 unspecified atom stereocenters. The maximum absolute atomic E-state index is 2.59. The summed E-state index contributed by atoms with van der Waals surface area (Å²) in [6.07, 6.45) is 5.12. The average Bonchev–Trinajstić information content (AvgIpc) is 3.34. The summed E-state index contributed by atoms with van der Waals surface area (Å²) in [6.45, 7) is 12.3. The Morgan fingerprint density at radius 2 is 1.26 bits per heavy atom. The van der Waals surface area contributed by atoms with Crippen LogP contribution in [-0.4, -0.2) is 8.07 Å². The van der Waals surface area contributed by atoms with Crippen LogP contribution in [0.4, 0.5) is 0 Å². The molecule has 2 atom stereocenters. The molecule has 228 valence electrons. The quantitative estimate of drug-likeness (QED) is 0.168. The van der Waals surface area contributed by atoms with Crippen LogP contribution in [0.5, 0.6) is 0 Å². The first-order valence-corrected chi connectivity index (χ1v) is 20.2. The smallest absolute Gasteiger partial charge is 0.0642 e. The van der Waals surface area contributed by atoms with Crippen molar-refractivity contribution in [2.24, 2.45) is 5.92 Å². The molecule has 0 amide bonds. The van der Waals surface area contributed by atoms with Gasteiger partial charge in [0.15, 0.2) is 0 Å². The van der Waals surface area contributed by atoms with Gasteiger partial charge < -0.3 is 0 Å². The standard InChI is InChI=1S/C46H40Si/c1-28(2)38-26-33-27-40-46(47(40,4)5)43(32-18-10-7-11-19-32)42(33)45(38)41-29(3)25-39-37(36-22-14-20-30-17-12-13-21-34(30)36)24-23-35(44(39)41)31-15-8-6-9-16-31/h6-28,41,45H,1-5H3. The summed E-state index contributed by atoms with van der Waals surface area (Å²) < 4.78 is 0. The summed E-state index contributed by atoms with van der Waals surface area (Å²) >= 11 is 0. The second-order valence-corrected chi connectivity index (χ2v) is 19.0. The van der Waals surface area contributed by atoms with Crippen molar-refractivity contribution in [1.29, 1.82) is 0 Å². The SMILES string of the molecule is CC1=Cc2c(-c3cccc4ccccc34)ccc(-c3ccccc3)c2C1C1C(C(C)C)=Cc2cc3c(c(-c4ccccc4)c21)[Si]3(C)C. The molecule has 0 aromatic heterocycles. The van der Waals surface area contributed by atoms with E-state index >= 15 is 0 Å². The fraction of sp³-hybridized carbons (Fsp3) is 0.174. The van der Waals surface area contributed by atoms with Gasteiger partial charge in [0.2, 0.25) is 0 Å². The fourth-order valence-corrected chi connectivity index (χ4v) is 12.4. The zero-order valence-corrected chi connectivity index (χ0v) is 28.9. The maximum atomic E-state index is 2.59. The van der Waals surface area contributed by atoms with E-state index in [1.54, 1.807) is 27.1 Å². The van der Waals surface area contributed by atoms with Gasteiger partial charge in [0.25, 0.3) is 0 Å². The second kappa shape index (κ2) is 10.4. The zero-order chi connectivity index (χ0) is 32.0. The lowest BCUT2D eigenvalue weighted by molar-refractivity contribution is 0.613. The van der Waals surface area contributed by atoms with E-state index in [9.17, 15) is 0 Å². The molecule has 0 bridgehead atoms. The third-order valence-corrected chi connectivity index (χ3v) is 14.6. The molecule has 1 aliphatic heterocycles. The average molecular weight is 621 g/mol. The molecule has 9 rings (SSSR count). The highest BCUT2D eigenvalue weighted by Crippen LogP contribution is 2.59. The highest BCUT2D eigenvalue weighted by atomic mass is 28.3. The minimum atomic E-state index is -1.56. The summed E-state index contributed by atoms with van der Waals surface area (Å²) in [7, 11) is -1.56. The van der Waals surface area contributed by atoms with Crippen molar-refractivity contribution in [3.63, 3.8) is 0 Å². The Labute approximate surface area is 280 Å². The highest BCUT2D eigenvalue weighted by molar-refractivity contribution is 7.16. The van der Waals surface area contributed by atoms with Gasteiger partial charge in [-0.15, -0.1) is 0 Å². The van der Waals surface area contributed by atoms with Gasteiger partial charge in [-0.1, -0.05) is 177 Å². The molecule has 3 aliphatic rings. The van der Waals surface area contributed by atoms with Gasteiger partial charge in [0.1, 0.15) is 8.07 Å². The second-order valence-electron chi connectivity index (χ2n) is 14.7. The van der Waals surface area contributed by atoms with Gasteiger partial charge in [-0.3, -0.25) is 0 Å². The first kappa shape index (κ1) is 28.5. The Kier molecular flexibility index (Phi) is 6.30. The largest absolute Gasteiger partial charge is 0.112 e. The lowest BCUT2D eigenvalue weighted by atomic mass is 9.71. The van der Waals surface area contributed by atoms with Crippen LogP contribution in [0.1, 0.15) is 54.9 Å². The lowest BCUT2D eigenvalue weighted by Gasteiger charge is -2.31. The highest BCUT2D eigenvalue weighted by Gasteiger charge is 2.51. The van der Waals surface area contributed by atoms with E-state index < -0.39 is 8.07 Å². The van der Waals surface area contributed by atoms with E-state index in [-0.39, 0.29) is 5.92 Å². The van der Waals surface area contributed by atoms with E-state index in [4.69, 9.17) is 0 Å². The van der Waals surface area contributed by atoms with Gasteiger partial charge in [-0.05, 0) is 84.4 Å². The van der Waals surface area contributed by atoms with E-state index in [1.165, 1.54) is 60.9 Å². The summed E-state index contributed by atoms with van der Waals surface area (Å²) in [5.74, 6) is 0.999. The molecule has 2 aliphatic carbocycles. The molecular weight excluding hydrogens is 581 g/mol. The van der Waals surface area contributed by atoms with E-state index in [0.29, 0.717) is 11.8 Å². The molecule has 6 aromatic carbocycles. The Bertz CT molecular complexity index is 2290. The predicted molar refractivity (Wildman–Crippen MR) is 205 cm³/mol. The summed E-state index contributed by atoms with van der Waals surface area (Å²) in [5.41, 5.74) is 17.2. The van der Waals surface area contributed by atoms with Gasteiger partial charge in [-0.2, -0.15) is 0 Å². The van der Waals surface area contributed by atoms with Crippen LogP contribution in [0.3, 0.4) is 0 Å². The molecular formula is C46H40Si. The van der Waals surface area contributed by atoms with Crippen molar-refractivity contribution in [3.05, 3.63) is 155 Å². The number of allylic oxidation sites excluding steroid dienone is 2. The Hall–Kier alpha value is -4.72. The van der Waals surface area contributed by atoms with E-state index in [1.807, 2.05) is 0 Å². The molecule has 0 radical (unpaired) electrons. The summed E-state index contributed by atoms with van der Waals surface area (Å²) in [5, 5.41) is 5.93.